The third-order valence-electron chi connectivity index (χ3n) is 11.2. The maximum atomic E-state index is 12.9. The normalized spacial score (nSPS) is 20.9. The second-order valence-electron chi connectivity index (χ2n) is 17.2. The average molecular weight is 932 g/mol. The molecule has 1 rings (SSSR count). The molecule has 1 fully saturated rings. The van der Waals surface area contributed by atoms with Crippen molar-refractivity contribution in [2.24, 2.45) is 0 Å². The minimum Gasteiger partial charge on any atom is -0.394 e. The molecule has 378 valence electrons. The fourth-order valence-electron chi connectivity index (χ4n) is 7.10. The number of aliphatic hydroxyl groups excluding tert-OH is 5. The summed E-state index contributed by atoms with van der Waals surface area (Å²) in [4.78, 5) is 12.9. The van der Waals surface area contributed by atoms with Crippen LogP contribution in [0.15, 0.2) is 134 Å². The summed E-state index contributed by atoms with van der Waals surface area (Å²) in [6.07, 6.45) is 63.8. The van der Waals surface area contributed by atoms with Crippen molar-refractivity contribution in [2.75, 3.05) is 13.2 Å². The van der Waals surface area contributed by atoms with E-state index in [1.807, 2.05) is 6.08 Å². The van der Waals surface area contributed by atoms with E-state index in [0.29, 0.717) is 6.42 Å². The van der Waals surface area contributed by atoms with E-state index in [0.717, 1.165) is 109 Å². The molecule has 0 radical (unpaired) electrons. The number of allylic oxidation sites excluding steroid dienone is 21. The maximum Gasteiger partial charge on any atom is 0.220 e. The summed E-state index contributed by atoms with van der Waals surface area (Å²) in [5, 5.41) is 54.1. The van der Waals surface area contributed by atoms with Crippen LogP contribution in [-0.2, 0) is 14.3 Å². The molecule has 0 aliphatic carbocycles. The molecule has 0 bridgehead atoms. The van der Waals surface area contributed by atoms with Gasteiger partial charge in [0.2, 0.25) is 5.91 Å². The number of rotatable bonds is 41. The van der Waals surface area contributed by atoms with E-state index >= 15 is 0 Å². The molecule has 6 N–H and O–H groups in total. The van der Waals surface area contributed by atoms with Crippen molar-refractivity contribution in [3.63, 3.8) is 0 Å². The Morgan fingerprint density at radius 3 is 1.43 bits per heavy atom. The lowest BCUT2D eigenvalue weighted by Crippen LogP contribution is -2.60. The third kappa shape index (κ3) is 36.0. The van der Waals surface area contributed by atoms with Gasteiger partial charge < -0.3 is 40.3 Å². The number of aliphatic hydroxyl groups is 5. The number of ether oxygens (including phenoxy) is 2. The maximum absolute atomic E-state index is 12.9. The molecule has 1 heterocycles. The topological polar surface area (TPSA) is 149 Å². The van der Waals surface area contributed by atoms with Crippen LogP contribution in [0.25, 0.3) is 0 Å². The Labute approximate surface area is 407 Å². The molecule has 67 heavy (non-hydrogen) atoms. The summed E-state index contributed by atoms with van der Waals surface area (Å²) in [5.74, 6) is -0.209. The Bertz CT molecular complexity index is 1500. The van der Waals surface area contributed by atoms with Crippen molar-refractivity contribution in [1.82, 2.24) is 5.32 Å². The Morgan fingerprint density at radius 1 is 0.522 bits per heavy atom. The first kappa shape index (κ1) is 61.3. The molecule has 7 unspecified atom stereocenters. The highest BCUT2D eigenvalue weighted by atomic mass is 16.7. The summed E-state index contributed by atoms with van der Waals surface area (Å²) in [6.45, 7) is 3.55. The van der Waals surface area contributed by atoms with Crippen molar-refractivity contribution in [2.45, 2.75) is 211 Å². The quantitative estimate of drug-likeness (QED) is 0.0262. The molecule has 9 heteroatoms. The summed E-state index contributed by atoms with van der Waals surface area (Å²) < 4.78 is 11.2. The number of hydrogen-bond acceptors (Lipinski definition) is 8. The first-order valence-corrected chi connectivity index (χ1v) is 25.9. The van der Waals surface area contributed by atoms with Crippen LogP contribution in [0, 0.1) is 0 Å². The van der Waals surface area contributed by atoms with Gasteiger partial charge in [0.15, 0.2) is 6.29 Å². The van der Waals surface area contributed by atoms with Gasteiger partial charge in [0.1, 0.15) is 24.4 Å². The smallest absolute Gasteiger partial charge is 0.220 e. The van der Waals surface area contributed by atoms with Crippen LogP contribution in [0.5, 0.6) is 0 Å². The van der Waals surface area contributed by atoms with Gasteiger partial charge in [-0.3, -0.25) is 4.79 Å². The van der Waals surface area contributed by atoms with Crippen molar-refractivity contribution in [3.8, 4) is 0 Å². The van der Waals surface area contributed by atoms with Gasteiger partial charge >= 0.3 is 0 Å². The van der Waals surface area contributed by atoms with E-state index in [1.54, 1.807) is 6.08 Å². The Balaban J connectivity index is 2.19. The van der Waals surface area contributed by atoms with Crippen LogP contribution in [0.2, 0.25) is 0 Å². The number of hydrogen-bond donors (Lipinski definition) is 6. The second-order valence-corrected chi connectivity index (χ2v) is 17.2. The lowest BCUT2D eigenvalue weighted by Gasteiger charge is -2.40. The van der Waals surface area contributed by atoms with E-state index in [1.165, 1.54) is 38.5 Å². The predicted molar refractivity (Wildman–Crippen MR) is 280 cm³/mol. The van der Waals surface area contributed by atoms with Crippen LogP contribution in [0.1, 0.15) is 168 Å². The van der Waals surface area contributed by atoms with Gasteiger partial charge in [-0.25, -0.2) is 0 Å². The Hall–Kier alpha value is -3.67. The van der Waals surface area contributed by atoms with E-state index in [-0.39, 0.29) is 12.5 Å². The first-order chi connectivity index (χ1) is 32.8. The lowest BCUT2D eigenvalue weighted by atomic mass is 9.99. The van der Waals surface area contributed by atoms with Crippen molar-refractivity contribution >= 4 is 5.91 Å². The molecule has 1 saturated heterocycles. The van der Waals surface area contributed by atoms with Gasteiger partial charge in [-0.05, 0) is 103 Å². The first-order valence-electron chi connectivity index (χ1n) is 25.9. The molecule has 7 atom stereocenters. The van der Waals surface area contributed by atoms with E-state index in [4.69, 9.17) is 9.47 Å². The highest BCUT2D eigenvalue weighted by molar-refractivity contribution is 5.76. The van der Waals surface area contributed by atoms with Gasteiger partial charge in [0.25, 0.3) is 0 Å². The van der Waals surface area contributed by atoms with Crippen molar-refractivity contribution in [1.29, 1.82) is 0 Å². The molecule has 0 saturated carbocycles. The van der Waals surface area contributed by atoms with Gasteiger partial charge in [-0.1, -0.05) is 192 Å². The molecule has 1 amide bonds. The zero-order valence-electron chi connectivity index (χ0n) is 41.6. The zero-order valence-corrected chi connectivity index (χ0v) is 41.6. The van der Waals surface area contributed by atoms with Gasteiger partial charge in [0.05, 0.1) is 25.4 Å². The standard InChI is InChI=1S/C58H93NO8/c1-3-5-7-9-11-13-14-15-16-17-18-19-20-21-22-23-24-25-26-27-28-29-30-31-32-33-34-35-36-37-38-40-42-44-46-48-54(62)59-51(52(61)47-45-43-41-39-12-10-8-6-4-2)50-66-58-57(65)56(64)55(63)53(49-60)67-58/h5,7,11-13,15-16,18-19,21-22,24-25,27-28,30-31,33-34,39,45,47,51-53,55-58,60-61,63-65H,3-4,6,8-10,14,17,20,23,26,29,32,35-38,40-44,46,48-50H2,1-2H3,(H,59,62)/b7-5-,13-11-,16-15-,19-18-,22-21-,25-24-,28-27-,31-30-,34-33-,39-12+,47-45+. The van der Waals surface area contributed by atoms with Crippen LogP contribution in [-0.4, -0.2) is 87.5 Å². The van der Waals surface area contributed by atoms with Gasteiger partial charge in [0, 0.05) is 6.42 Å². The van der Waals surface area contributed by atoms with Gasteiger partial charge in [-0.2, -0.15) is 0 Å². The number of nitrogens with one attached hydrogen (secondary N) is 1. The molecule has 9 nitrogen and oxygen atoms in total. The summed E-state index contributed by atoms with van der Waals surface area (Å²) in [6, 6.07) is -0.835. The largest absolute Gasteiger partial charge is 0.394 e. The second kappa shape index (κ2) is 46.1. The van der Waals surface area contributed by atoms with Crippen LogP contribution in [0.4, 0.5) is 0 Å². The van der Waals surface area contributed by atoms with Crippen LogP contribution >= 0.6 is 0 Å². The number of carbonyl (C=O) groups excluding carboxylic acids is 1. The highest BCUT2D eigenvalue weighted by Crippen LogP contribution is 2.22. The number of carbonyl (C=O) groups is 1. The van der Waals surface area contributed by atoms with Gasteiger partial charge in [-0.15, -0.1) is 0 Å². The molecule has 0 spiro atoms. The minimum atomic E-state index is -1.58. The molecule has 0 aromatic carbocycles. The van der Waals surface area contributed by atoms with Crippen LogP contribution < -0.4 is 5.32 Å². The fourth-order valence-corrected chi connectivity index (χ4v) is 7.10. The van der Waals surface area contributed by atoms with E-state index in [9.17, 15) is 30.3 Å². The molecular weight excluding hydrogens is 839 g/mol. The summed E-state index contributed by atoms with van der Waals surface area (Å²) in [5.41, 5.74) is 0. The lowest BCUT2D eigenvalue weighted by molar-refractivity contribution is -0.302. The Kier molecular flexibility index (Phi) is 42.2. The number of unbranched alkanes of at least 4 members (excludes halogenated alkanes) is 11. The van der Waals surface area contributed by atoms with E-state index < -0.39 is 49.5 Å². The Morgan fingerprint density at radius 2 is 0.940 bits per heavy atom. The molecule has 1 aliphatic heterocycles. The number of amides is 1. The van der Waals surface area contributed by atoms with Crippen LogP contribution in [0.3, 0.4) is 0 Å². The average Bonchev–Trinajstić information content (AvgIpc) is 3.33. The molecule has 0 aromatic heterocycles. The van der Waals surface area contributed by atoms with E-state index in [2.05, 4.69) is 141 Å². The third-order valence-corrected chi connectivity index (χ3v) is 11.2. The zero-order chi connectivity index (χ0) is 48.7. The molecular formula is C58H93NO8. The molecule has 1 aliphatic rings. The van der Waals surface area contributed by atoms with Crippen molar-refractivity contribution in [3.05, 3.63) is 134 Å². The molecule has 0 aromatic rings. The van der Waals surface area contributed by atoms with Crippen molar-refractivity contribution < 1.29 is 39.8 Å². The predicted octanol–water partition coefficient (Wildman–Crippen LogP) is 12.2. The highest BCUT2D eigenvalue weighted by Gasteiger charge is 2.44. The minimum absolute atomic E-state index is 0.209. The monoisotopic (exact) mass is 932 g/mol. The summed E-state index contributed by atoms with van der Waals surface area (Å²) in [7, 11) is 0. The fraction of sp³-hybridized carbons (Fsp3) is 0.603. The summed E-state index contributed by atoms with van der Waals surface area (Å²) >= 11 is 0. The SMILES string of the molecule is CC/C=C\C/C=C\C/C=C\C/C=C\C/C=C\C/C=C\C/C=C\C/C=C\C/C=C\CCCCCCCCCC(=O)NC(COC1OC(CO)C(O)C(O)C1O)C(O)/C=C/CC/C=C/CCCCC.